The zero-order chi connectivity index (χ0) is 12.4. The van der Waals surface area contributed by atoms with Crippen molar-refractivity contribution in [3.8, 4) is 0 Å². The summed E-state index contributed by atoms with van der Waals surface area (Å²) in [6.07, 6.45) is 0.853. The van der Waals surface area contributed by atoms with Gasteiger partial charge in [0.25, 0.3) is 0 Å². The molecule has 0 amide bonds. The Labute approximate surface area is 101 Å². The molecule has 17 heavy (non-hydrogen) atoms. The number of aryl methyl sites for hydroxylation is 1. The van der Waals surface area contributed by atoms with Crippen molar-refractivity contribution in [2.45, 2.75) is 39.8 Å². The molecule has 0 bridgehead atoms. The lowest BCUT2D eigenvalue weighted by molar-refractivity contribution is 0.483. The minimum Gasteiger partial charge on any atom is -0.459 e. The summed E-state index contributed by atoms with van der Waals surface area (Å²) in [6, 6.07) is 5.09. The van der Waals surface area contributed by atoms with Gasteiger partial charge in [0.1, 0.15) is 17.2 Å². The van der Waals surface area contributed by atoms with E-state index in [-0.39, 0.29) is 5.82 Å². The number of nitrogens with one attached hydrogen (secondary N) is 1. The fourth-order valence-electron chi connectivity index (χ4n) is 2.00. The number of halogens is 1. The van der Waals surface area contributed by atoms with Gasteiger partial charge >= 0.3 is 0 Å². The minimum absolute atomic E-state index is 0.212. The average molecular weight is 235 g/mol. The van der Waals surface area contributed by atoms with Gasteiger partial charge in [-0.1, -0.05) is 20.8 Å². The second kappa shape index (κ2) is 4.88. The van der Waals surface area contributed by atoms with Gasteiger partial charge < -0.3 is 9.73 Å². The van der Waals surface area contributed by atoms with Crippen molar-refractivity contribution in [3.05, 3.63) is 35.3 Å². The highest BCUT2D eigenvalue weighted by Crippen LogP contribution is 2.27. The van der Waals surface area contributed by atoms with Crippen LogP contribution in [0.1, 0.15) is 32.1 Å². The maximum Gasteiger partial charge on any atom is 0.134 e. The summed E-state index contributed by atoms with van der Waals surface area (Å²) in [5, 5.41) is 4.22. The van der Waals surface area contributed by atoms with Crippen molar-refractivity contribution < 1.29 is 8.81 Å². The molecule has 0 saturated heterocycles. The summed E-state index contributed by atoms with van der Waals surface area (Å²) in [5.74, 6) is 0.707. The molecule has 2 aromatic rings. The fraction of sp³-hybridized carbons (Fsp3) is 0.429. The SMILES string of the molecule is CCc1c(CNC(C)C)oc2ccc(F)cc12. The van der Waals surface area contributed by atoms with Gasteiger partial charge in [0.05, 0.1) is 6.54 Å². The van der Waals surface area contributed by atoms with Crippen LogP contribution >= 0.6 is 0 Å². The summed E-state index contributed by atoms with van der Waals surface area (Å²) in [5.41, 5.74) is 1.87. The topological polar surface area (TPSA) is 25.2 Å². The summed E-state index contributed by atoms with van der Waals surface area (Å²) < 4.78 is 19.0. The smallest absolute Gasteiger partial charge is 0.134 e. The van der Waals surface area contributed by atoms with Gasteiger partial charge in [-0.25, -0.2) is 4.39 Å². The minimum atomic E-state index is -0.212. The molecule has 1 heterocycles. The lowest BCUT2D eigenvalue weighted by atomic mass is 10.1. The maximum atomic E-state index is 13.2. The monoisotopic (exact) mass is 235 g/mol. The van der Waals surface area contributed by atoms with Gasteiger partial charge in [0, 0.05) is 17.0 Å². The molecule has 3 heteroatoms. The molecular weight excluding hydrogens is 217 g/mol. The van der Waals surface area contributed by atoms with E-state index < -0.39 is 0 Å². The number of benzene rings is 1. The first-order chi connectivity index (χ1) is 8.11. The zero-order valence-corrected chi connectivity index (χ0v) is 10.5. The summed E-state index contributed by atoms with van der Waals surface area (Å²) in [6.45, 7) is 6.94. The van der Waals surface area contributed by atoms with Crippen LogP contribution in [0.4, 0.5) is 4.39 Å². The predicted molar refractivity (Wildman–Crippen MR) is 67.5 cm³/mol. The van der Waals surface area contributed by atoms with Crippen molar-refractivity contribution in [2.24, 2.45) is 0 Å². The van der Waals surface area contributed by atoms with Crippen LogP contribution in [0.15, 0.2) is 22.6 Å². The Balaban J connectivity index is 2.41. The van der Waals surface area contributed by atoms with Gasteiger partial charge in [0.2, 0.25) is 0 Å². The largest absolute Gasteiger partial charge is 0.459 e. The van der Waals surface area contributed by atoms with E-state index in [4.69, 9.17) is 4.42 Å². The summed E-state index contributed by atoms with van der Waals surface area (Å²) in [4.78, 5) is 0. The number of furan rings is 1. The molecule has 2 nitrogen and oxygen atoms in total. The Morgan fingerprint density at radius 3 is 2.76 bits per heavy atom. The van der Waals surface area contributed by atoms with E-state index in [9.17, 15) is 4.39 Å². The molecule has 1 aromatic carbocycles. The van der Waals surface area contributed by atoms with Crippen molar-refractivity contribution in [1.82, 2.24) is 5.32 Å². The molecule has 1 aromatic heterocycles. The van der Waals surface area contributed by atoms with Crippen LogP contribution in [0.5, 0.6) is 0 Å². The van der Waals surface area contributed by atoms with Crippen LogP contribution in [0.2, 0.25) is 0 Å². The van der Waals surface area contributed by atoms with E-state index >= 15 is 0 Å². The quantitative estimate of drug-likeness (QED) is 0.875. The Kier molecular flexibility index (Phi) is 3.48. The average Bonchev–Trinajstić information content (AvgIpc) is 2.63. The van der Waals surface area contributed by atoms with E-state index in [1.807, 2.05) is 0 Å². The second-order valence-electron chi connectivity index (χ2n) is 4.53. The molecule has 0 saturated carbocycles. The highest BCUT2D eigenvalue weighted by molar-refractivity contribution is 5.82. The van der Waals surface area contributed by atoms with Gasteiger partial charge in [-0.2, -0.15) is 0 Å². The van der Waals surface area contributed by atoms with Crippen molar-refractivity contribution in [2.75, 3.05) is 0 Å². The normalized spacial score (nSPS) is 11.6. The van der Waals surface area contributed by atoms with Crippen LogP contribution in [0.25, 0.3) is 11.0 Å². The third kappa shape index (κ3) is 2.50. The molecule has 2 rings (SSSR count). The second-order valence-corrected chi connectivity index (χ2v) is 4.53. The van der Waals surface area contributed by atoms with E-state index in [1.54, 1.807) is 12.1 Å². The van der Waals surface area contributed by atoms with Gasteiger partial charge in [0.15, 0.2) is 0 Å². The number of hydrogen-bond acceptors (Lipinski definition) is 2. The first-order valence-electron chi connectivity index (χ1n) is 6.05. The molecule has 0 unspecified atom stereocenters. The molecule has 0 spiro atoms. The van der Waals surface area contributed by atoms with Crippen LogP contribution < -0.4 is 5.32 Å². The van der Waals surface area contributed by atoms with Gasteiger partial charge in [-0.3, -0.25) is 0 Å². The third-order valence-electron chi connectivity index (χ3n) is 2.86. The van der Waals surface area contributed by atoms with E-state index in [1.165, 1.54) is 6.07 Å². The van der Waals surface area contributed by atoms with Crippen molar-refractivity contribution in [3.63, 3.8) is 0 Å². The highest BCUT2D eigenvalue weighted by Gasteiger charge is 2.13. The van der Waals surface area contributed by atoms with E-state index in [0.29, 0.717) is 12.6 Å². The Hall–Kier alpha value is -1.35. The molecule has 1 N–H and O–H groups in total. The third-order valence-corrected chi connectivity index (χ3v) is 2.86. The molecule has 92 valence electrons. The standard InChI is InChI=1S/C14H18FNO/c1-4-11-12-7-10(15)5-6-13(12)17-14(11)8-16-9(2)3/h5-7,9,16H,4,8H2,1-3H3. The summed E-state index contributed by atoms with van der Waals surface area (Å²) >= 11 is 0. The van der Waals surface area contributed by atoms with Crippen molar-refractivity contribution in [1.29, 1.82) is 0 Å². The first-order valence-corrected chi connectivity index (χ1v) is 6.05. The van der Waals surface area contributed by atoms with Crippen molar-refractivity contribution >= 4 is 11.0 Å². The predicted octanol–water partition coefficient (Wildman–Crippen LogP) is 3.63. The van der Waals surface area contributed by atoms with Crippen LogP contribution in [-0.2, 0) is 13.0 Å². The molecule has 0 aliphatic rings. The Bertz CT molecular complexity index is 516. The molecule has 0 fully saturated rings. The Morgan fingerprint density at radius 2 is 2.12 bits per heavy atom. The van der Waals surface area contributed by atoms with Crippen LogP contribution in [-0.4, -0.2) is 6.04 Å². The molecule has 0 aliphatic carbocycles. The van der Waals surface area contributed by atoms with Crippen LogP contribution in [0, 0.1) is 5.82 Å². The lowest BCUT2D eigenvalue weighted by Crippen LogP contribution is -2.22. The molecular formula is C14H18FNO. The first kappa shape index (κ1) is 12.1. The number of hydrogen-bond donors (Lipinski definition) is 1. The Morgan fingerprint density at radius 1 is 1.35 bits per heavy atom. The number of fused-ring (bicyclic) bond motifs is 1. The van der Waals surface area contributed by atoms with E-state index in [2.05, 4.69) is 26.1 Å². The van der Waals surface area contributed by atoms with E-state index in [0.717, 1.165) is 28.7 Å². The molecule has 0 aliphatic heterocycles. The van der Waals surface area contributed by atoms with Gasteiger partial charge in [-0.05, 0) is 24.6 Å². The maximum absolute atomic E-state index is 13.2. The highest BCUT2D eigenvalue weighted by atomic mass is 19.1. The van der Waals surface area contributed by atoms with Crippen LogP contribution in [0.3, 0.4) is 0 Å². The zero-order valence-electron chi connectivity index (χ0n) is 10.5. The summed E-state index contributed by atoms with van der Waals surface area (Å²) in [7, 11) is 0. The lowest BCUT2D eigenvalue weighted by Gasteiger charge is -2.06. The molecule has 0 radical (unpaired) electrons. The number of rotatable bonds is 4. The van der Waals surface area contributed by atoms with Gasteiger partial charge in [-0.15, -0.1) is 0 Å². The molecule has 0 atom stereocenters. The fourth-order valence-corrected chi connectivity index (χ4v) is 2.00.